The molecule has 0 fully saturated rings. The molecule has 0 saturated carbocycles. The van der Waals surface area contributed by atoms with Crippen molar-refractivity contribution in [2.75, 3.05) is 6.61 Å². The van der Waals surface area contributed by atoms with Crippen molar-refractivity contribution < 1.29 is 14.6 Å². The predicted octanol–water partition coefficient (Wildman–Crippen LogP) is 2.26. The number of carbonyl (C=O) groups excluding carboxylic acids is 1. The number of carbonyl (C=O) groups is 1. The van der Waals surface area contributed by atoms with Gasteiger partial charge in [-0.05, 0) is 41.5 Å². The van der Waals surface area contributed by atoms with Crippen LogP contribution in [0.1, 0.15) is 21.5 Å². The lowest BCUT2D eigenvalue weighted by Crippen LogP contribution is -2.22. The summed E-state index contributed by atoms with van der Waals surface area (Å²) in [6.07, 6.45) is 0.856. The molecule has 0 atom stereocenters. The van der Waals surface area contributed by atoms with Gasteiger partial charge in [0, 0.05) is 18.5 Å². The number of hydrogen-bond donors (Lipinski definition) is 2. The Morgan fingerprint density at radius 3 is 2.80 bits per heavy atom. The zero-order chi connectivity index (χ0) is 13.9. The van der Waals surface area contributed by atoms with E-state index >= 15 is 0 Å². The number of fused-ring (bicyclic) bond motifs is 1. The summed E-state index contributed by atoms with van der Waals surface area (Å²) in [5, 5.41) is 12.1. The van der Waals surface area contributed by atoms with Crippen molar-refractivity contribution in [3.8, 4) is 11.5 Å². The zero-order valence-electron chi connectivity index (χ0n) is 10.9. The Bertz CT molecular complexity index is 635. The number of hydrogen-bond acceptors (Lipinski definition) is 3. The van der Waals surface area contributed by atoms with Crippen molar-refractivity contribution >= 4 is 5.91 Å². The molecule has 2 aromatic carbocycles. The minimum atomic E-state index is -0.104. The van der Waals surface area contributed by atoms with Crippen molar-refractivity contribution in [3.63, 3.8) is 0 Å². The largest absolute Gasteiger partial charge is 0.508 e. The minimum Gasteiger partial charge on any atom is -0.508 e. The molecule has 0 aromatic heterocycles. The molecule has 0 spiro atoms. The predicted molar refractivity (Wildman–Crippen MR) is 74.9 cm³/mol. The SMILES string of the molecule is O=C(NCc1ccc(O)cc1)c1ccc2c(c1)CCO2. The third kappa shape index (κ3) is 2.59. The van der Waals surface area contributed by atoms with Crippen molar-refractivity contribution in [1.82, 2.24) is 5.32 Å². The highest BCUT2D eigenvalue weighted by Crippen LogP contribution is 2.25. The van der Waals surface area contributed by atoms with Crippen LogP contribution in [0.4, 0.5) is 0 Å². The lowest BCUT2D eigenvalue weighted by Gasteiger charge is -2.07. The molecule has 2 aromatic rings. The van der Waals surface area contributed by atoms with Gasteiger partial charge in [-0.2, -0.15) is 0 Å². The molecule has 0 bridgehead atoms. The fraction of sp³-hybridized carbons (Fsp3) is 0.188. The van der Waals surface area contributed by atoms with Crippen molar-refractivity contribution in [3.05, 3.63) is 59.2 Å². The molecule has 2 N–H and O–H groups in total. The van der Waals surface area contributed by atoms with Crippen LogP contribution in [-0.4, -0.2) is 17.6 Å². The first-order valence-electron chi connectivity index (χ1n) is 6.54. The zero-order valence-corrected chi connectivity index (χ0v) is 10.9. The number of ether oxygens (including phenoxy) is 1. The average Bonchev–Trinajstić information content (AvgIpc) is 2.93. The number of amides is 1. The van der Waals surface area contributed by atoms with E-state index in [4.69, 9.17) is 4.74 Å². The minimum absolute atomic E-state index is 0.104. The van der Waals surface area contributed by atoms with Crippen LogP contribution in [0.3, 0.4) is 0 Å². The highest BCUT2D eigenvalue weighted by atomic mass is 16.5. The molecule has 1 amide bonds. The molecular formula is C16H15NO3. The summed E-state index contributed by atoms with van der Waals surface area (Å²) in [5.41, 5.74) is 2.68. The molecule has 0 saturated heterocycles. The third-order valence-corrected chi connectivity index (χ3v) is 3.34. The second-order valence-corrected chi connectivity index (χ2v) is 4.77. The van der Waals surface area contributed by atoms with Crippen LogP contribution < -0.4 is 10.1 Å². The second-order valence-electron chi connectivity index (χ2n) is 4.77. The van der Waals surface area contributed by atoms with E-state index < -0.39 is 0 Å². The third-order valence-electron chi connectivity index (χ3n) is 3.34. The van der Waals surface area contributed by atoms with E-state index in [1.165, 1.54) is 0 Å². The quantitative estimate of drug-likeness (QED) is 0.898. The van der Waals surface area contributed by atoms with Gasteiger partial charge in [-0.25, -0.2) is 0 Å². The molecule has 0 aliphatic carbocycles. The summed E-state index contributed by atoms with van der Waals surface area (Å²) in [5.74, 6) is 0.992. The fourth-order valence-corrected chi connectivity index (χ4v) is 2.23. The number of phenols is 1. The maximum atomic E-state index is 12.1. The van der Waals surface area contributed by atoms with Gasteiger partial charge in [0.2, 0.25) is 0 Å². The fourth-order valence-electron chi connectivity index (χ4n) is 2.23. The standard InChI is InChI=1S/C16H15NO3/c18-14-4-1-11(2-5-14)10-17-16(19)13-3-6-15-12(9-13)7-8-20-15/h1-6,9,18H,7-8,10H2,(H,17,19). The van der Waals surface area contributed by atoms with Crippen LogP contribution in [-0.2, 0) is 13.0 Å². The molecular weight excluding hydrogens is 254 g/mol. The summed E-state index contributed by atoms with van der Waals surface area (Å²) in [6, 6.07) is 12.3. The molecule has 0 radical (unpaired) electrons. The Morgan fingerprint density at radius 1 is 1.20 bits per heavy atom. The van der Waals surface area contributed by atoms with Crippen LogP contribution in [0.15, 0.2) is 42.5 Å². The summed E-state index contributed by atoms with van der Waals surface area (Å²) in [4.78, 5) is 12.1. The van der Waals surface area contributed by atoms with Gasteiger partial charge in [-0.1, -0.05) is 12.1 Å². The highest BCUT2D eigenvalue weighted by molar-refractivity contribution is 5.94. The van der Waals surface area contributed by atoms with E-state index in [1.54, 1.807) is 30.3 Å². The van der Waals surface area contributed by atoms with E-state index in [2.05, 4.69) is 5.32 Å². The number of rotatable bonds is 3. The number of phenolic OH excluding ortho intramolecular Hbond substituents is 1. The van der Waals surface area contributed by atoms with Gasteiger partial charge in [-0.3, -0.25) is 4.79 Å². The van der Waals surface area contributed by atoms with Gasteiger partial charge in [0.25, 0.3) is 5.91 Å². The summed E-state index contributed by atoms with van der Waals surface area (Å²) in [7, 11) is 0. The monoisotopic (exact) mass is 269 g/mol. The van der Waals surface area contributed by atoms with Crippen molar-refractivity contribution in [2.45, 2.75) is 13.0 Å². The molecule has 1 heterocycles. The Balaban J connectivity index is 1.66. The molecule has 1 aliphatic rings. The maximum Gasteiger partial charge on any atom is 0.251 e. The Morgan fingerprint density at radius 2 is 2.00 bits per heavy atom. The number of benzene rings is 2. The topological polar surface area (TPSA) is 58.6 Å². The van der Waals surface area contributed by atoms with E-state index in [0.717, 1.165) is 23.3 Å². The normalized spacial score (nSPS) is 12.6. The van der Waals surface area contributed by atoms with Gasteiger partial charge in [-0.15, -0.1) is 0 Å². The molecule has 3 rings (SSSR count). The Labute approximate surface area is 117 Å². The van der Waals surface area contributed by atoms with E-state index in [9.17, 15) is 9.90 Å². The van der Waals surface area contributed by atoms with E-state index in [0.29, 0.717) is 18.7 Å². The second kappa shape index (κ2) is 5.25. The van der Waals surface area contributed by atoms with Gasteiger partial charge in [0.1, 0.15) is 11.5 Å². The molecule has 102 valence electrons. The molecule has 4 nitrogen and oxygen atoms in total. The first-order chi connectivity index (χ1) is 9.72. The van der Waals surface area contributed by atoms with Crippen LogP contribution in [0.2, 0.25) is 0 Å². The summed E-state index contributed by atoms with van der Waals surface area (Å²) in [6.45, 7) is 1.13. The first-order valence-corrected chi connectivity index (χ1v) is 6.54. The average molecular weight is 269 g/mol. The summed E-state index contributed by atoms with van der Waals surface area (Å²) < 4.78 is 5.42. The number of aromatic hydroxyl groups is 1. The molecule has 4 heteroatoms. The Hall–Kier alpha value is -2.49. The van der Waals surface area contributed by atoms with Crippen molar-refractivity contribution in [2.24, 2.45) is 0 Å². The van der Waals surface area contributed by atoms with Crippen LogP contribution in [0.25, 0.3) is 0 Å². The van der Waals surface area contributed by atoms with Gasteiger partial charge in [0.15, 0.2) is 0 Å². The smallest absolute Gasteiger partial charge is 0.251 e. The molecule has 0 unspecified atom stereocenters. The highest BCUT2D eigenvalue weighted by Gasteiger charge is 2.14. The maximum absolute atomic E-state index is 12.1. The Kier molecular flexibility index (Phi) is 3.29. The van der Waals surface area contributed by atoms with E-state index in [1.807, 2.05) is 12.1 Å². The first kappa shape index (κ1) is 12.5. The molecule has 20 heavy (non-hydrogen) atoms. The van der Waals surface area contributed by atoms with Crippen LogP contribution in [0.5, 0.6) is 11.5 Å². The van der Waals surface area contributed by atoms with E-state index in [-0.39, 0.29) is 11.7 Å². The van der Waals surface area contributed by atoms with Crippen LogP contribution in [0, 0.1) is 0 Å². The van der Waals surface area contributed by atoms with Gasteiger partial charge < -0.3 is 15.2 Å². The lowest BCUT2D eigenvalue weighted by molar-refractivity contribution is 0.0951. The van der Waals surface area contributed by atoms with Gasteiger partial charge in [0.05, 0.1) is 6.61 Å². The summed E-state index contributed by atoms with van der Waals surface area (Å²) >= 11 is 0. The number of nitrogens with one attached hydrogen (secondary N) is 1. The van der Waals surface area contributed by atoms with Crippen molar-refractivity contribution in [1.29, 1.82) is 0 Å². The van der Waals surface area contributed by atoms with Gasteiger partial charge >= 0.3 is 0 Å². The molecule has 1 aliphatic heterocycles. The van der Waals surface area contributed by atoms with Crippen LogP contribution >= 0.6 is 0 Å². The lowest BCUT2D eigenvalue weighted by atomic mass is 10.1.